The molecule has 1 aromatic carbocycles. The summed E-state index contributed by atoms with van der Waals surface area (Å²) in [5.74, 6) is 1.25. The van der Waals surface area contributed by atoms with Gasteiger partial charge in [-0.25, -0.2) is 0 Å². The third-order valence-corrected chi connectivity index (χ3v) is 3.38. The van der Waals surface area contributed by atoms with Gasteiger partial charge >= 0.3 is 0 Å². The summed E-state index contributed by atoms with van der Waals surface area (Å²) in [4.78, 5) is 0. The van der Waals surface area contributed by atoms with E-state index in [1.54, 1.807) is 6.07 Å². The highest BCUT2D eigenvalue weighted by atomic mass is 79.9. The predicted molar refractivity (Wildman–Crippen MR) is 69.8 cm³/mol. The molecule has 0 radical (unpaired) electrons. The van der Waals surface area contributed by atoms with E-state index in [0.29, 0.717) is 23.2 Å². The van der Waals surface area contributed by atoms with Gasteiger partial charge in [0.25, 0.3) is 0 Å². The first-order chi connectivity index (χ1) is 8.17. The average Bonchev–Trinajstić information content (AvgIpc) is 2.74. The molecule has 1 heterocycles. The Morgan fingerprint density at radius 2 is 2.18 bits per heavy atom. The topological polar surface area (TPSA) is 50.9 Å². The molecule has 4 nitrogen and oxygen atoms in total. The fraction of sp³-hybridized carbons (Fsp3) is 0.273. The summed E-state index contributed by atoms with van der Waals surface area (Å²) in [5.41, 5.74) is 0.867. The van der Waals surface area contributed by atoms with E-state index in [1.165, 1.54) is 0 Å². The number of hydrogen-bond acceptors (Lipinski definition) is 3. The third-order valence-electron chi connectivity index (χ3n) is 2.45. The van der Waals surface area contributed by atoms with Crippen LogP contribution in [-0.4, -0.2) is 19.9 Å². The first-order valence-corrected chi connectivity index (χ1v) is 6.32. The second-order valence-electron chi connectivity index (χ2n) is 3.47. The summed E-state index contributed by atoms with van der Waals surface area (Å²) < 4.78 is 2.75. The first-order valence-electron chi connectivity index (χ1n) is 5.15. The average molecular weight is 317 g/mol. The van der Waals surface area contributed by atoms with Crippen LogP contribution in [0.5, 0.6) is 0 Å². The quantitative estimate of drug-likeness (QED) is 0.947. The minimum Gasteiger partial charge on any atom is -0.388 e. The smallest absolute Gasteiger partial charge is 0.165 e. The molecule has 1 N–H and O–H groups in total. The molecule has 0 saturated carbocycles. The van der Waals surface area contributed by atoms with Gasteiger partial charge in [-0.3, -0.25) is 0 Å². The van der Waals surface area contributed by atoms with Crippen LogP contribution in [0.3, 0.4) is 0 Å². The second-order valence-corrected chi connectivity index (χ2v) is 4.76. The minimum absolute atomic E-state index is 0.126. The van der Waals surface area contributed by atoms with E-state index < -0.39 is 0 Å². The van der Waals surface area contributed by atoms with Gasteiger partial charge < -0.3 is 9.67 Å². The van der Waals surface area contributed by atoms with Crippen molar-refractivity contribution in [1.82, 2.24) is 14.8 Å². The van der Waals surface area contributed by atoms with E-state index >= 15 is 0 Å². The molecule has 0 bridgehead atoms. The molecule has 2 aromatic rings. The summed E-state index contributed by atoms with van der Waals surface area (Å²) in [5, 5.41) is 17.9. The molecule has 0 atom stereocenters. The Labute approximate surface area is 112 Å². The molecule has 0 fully saturated rings. The summed E-state index contributed by atoms with van der Waals surface area (Å²) >= 11 is 9.43. The lowest BCUT2D eigenvalue weighted by Crippen LogP contribution is -2.03. The number of aliphatic hydroxyl groups excluding tert-OH is 1. The molecule has 0 amide bonds. The highest BCUT2D eigenvalue weighted by Gasteiger charge is 2.14. The molecular weight excluding hydrogens is 305 g/mol. The van der Waals surface area contributed by atoms with E-state index in [9.17, 15) is 5.11 Å². The zero-order valence-electron chi connectivity index (χ0n) is 9.19. The number of halogens is 2. The lowest BCUT2D eigenvalue weighted by atomic mass is 10.2. The van der Waals surface area contributed by atoms with Crippen molar-refractivity contribution in [2.45, 2.75) is 20.1 Å². The van der Waals surface area contributed by atoms with Gasteiger partial charge in [-0.15, -0.1) is 10.2 Å². The van der Waals surface area contributed by atoms with Crippen LogP contribution in [-0.2, 0) is 13.2 Å². The molecule has 17 heavy (non-hydrogen) atoms. The van der Waals surface area contributed by atoms with E-state index in [0.717, 1.165) is 10.0 Å². The third kappa shape index (κ3) is 2.36. The number of aliphatic hydroxyl groups is 1. The Morgan fingerprint density at radius 1 is 1.41 bits per heavy atom. The van der Waals surface area contributed by atoms with E-state index in [1.807, 2.05) is 23.6 Å². The van der Waals surface area contributed by atoms with Crippen LogP contribution in [0, 0.1) is 0 Å². The van der Waals surface area contributed by atoms with Crippen LogP contribution in [0.1, 0.15) is 12.7 Å². The lowest BCUT2D eigenvalue weighted by Gasteiger charge is -2.08. The van der Waals surface area contributed by atoms with Gasteiger partial charge in [0.15, 0.2) is 11.6 Å². The van der Waals surface area contributed by atoms with Gasteiger partial charge in [-0.2, -0.15) is 0 Å². The van der Waals surface area contributed by atoms with Gasteiger partial charge in [0.05, 0.1) is 0 Å². The largest absolute Gasteiger partial charge is 0.388 e. The number of hydrogen-bond donors (Lipinski definition) is 1. The lowest BCUT2D eigenvalue weighted by molar-refractivity contribution is 0.265. The molecule has 6 heteroatoms. The van der Waals surface area contributed by atoms with Crippen molar-refractivity contribution in [1.29, 1.82) is 0 Å². The van der Waals surface area contributed by atoms with E-state index in [-0.39, 0.29) is 6.61 Å². The Bertz CT molecular complexity index is 542. The van der Waals surface area contributed by atoms with Crippen LogP contribution in [0.25, 0.3) is 11.4 Å². The van der Waals surface area contributed by atoms with Crippen molar-refractivity contribution in [3.8, 4) is 11.4 Å². The van der Waals surface area contributed by atoms with Crippen molar-refractivity contribution in [3.63, 3.8) is 0 Å². The molecular formula is C11H11BrClN3O. The summed E-state index contributed by atoms with van der Waals surface area (Å²) in [6, 6.07) is 5.49. The maximum Gasteiger partial charge on any atom is 0.165 e. The first kappa shape index (κ1) is 12.5. The van der Waals surface area contributed by atoms with Crippen LogP contribution < -0.4 is 0 Å². The Balaban J connectivity index is 2.59. The summed E-state index contributed by atoms with van der Waals surface area (Å²) in [7, 11) is 0. The van der Waals surface area contributed by atoms with Gasteiger partial charge in [0.2, 0.25) is 0 Å². The van der Waals surface area contributed by atoms with Crippen molar-refractivity contribution in [2.24, 2.45) is 0 Å². The van der Waals surface area contributed by atoms with Crippen LogP contribution >= 0.6 is 27.5 Å². The number of aromatic nitrogens is 3. The van der Waals surface area contributed by atoms with Gasteiger partial charge in [-0.1, -0.05) is 27.5 Å². The van der Waals surface area contributed by atoms with E-state index in [2.05, 4.69) is 26.1 Å². The van der Waals surface area contributed by atoms with E-state index in [4.69, 9.17) is 11.6 Å². The molecule has 0 aliphatic rings. The summed E-state index contributed by atoms with van der Waals surface area (Å²) in [6.45, 7) is 2.54. The molecule has 0 aliphatic carbocycles. The molecule has 90 valence electrons. The molecule has 0 spiro atoms. The zero-order valence-corrected chi connectivity index (χ0v) is 11.5. The highest BCUT2D eigenvalue weighted by Crippen LogP contribution is 2.30. The Morgan fingerprint density at radius 3 is 2.82 bits per heavy atom. The Hall–Kier alpha value is -0.910. The van der Waals surface area contributed by atoms with Crippen molar-refractivity contribution < 1.29 is 5.11 Å². The molecule has 0 unspecified atom stereocenters. The van der Waals surface area contributed by atoms with Gasteiger partial charge in [0.1, 0.15) is 6.61 Å². The SMILES string of the molecule is CCn1c(CO)nnc1-c1cc(Cl)ccc1Br. The normalized spacial score (nSPS) is 10.8. The van der Waals surface area contributed by atoms with Gasteiger partial charge in [-0.05, 0) is 25.1 Å². The second kappa shape index (κ2) is 5.16. The standard InChI is InChI=1S/C11H11BrClN3O/c1-2-16-10(6-17)14-15-11(16)8-5-7(13)3-4-9(8)12/h3-5,17H,2,6H2,1H3. The number of nitrogens with zero attached hydrogens (tertiary/aromatic N) is 3. The van der Waals surface area contributed by atoms with Crippen molar-refractivity contribution in [2.75, 3.05) is 0 Å². The number of benzene rings is 1. The van der Waals surface area contributed by atoms with Crippen LogP contribution in [0.15, 0.2) is 22.7 Å². The maximum atomic E-state index is 9.17. The monoisotopic (exact) mass is 315 g/mol. The maximum absolute atomic E-state index is 9.17. The minimum atomic E-state index is -0.126. The summed E-state index contributed by atoms with van der Waals surface area (Å²) in [6.07, 6.45) is 0. The zero-order chi connectivity index (χ0) is 12.4. The van der Waals surface area contributed by atoms with Crippen molar-refractivity contribution >= 4 is 27.5 Å². The number of rotatable bonds is 3. The molecule has 0 saturated heterocycles. The van der Waals surface area contributed by atoms with Crippen LogP contribution in [0.2, 0.25) is 5.02 Å². The highest BCUT2D eigenvalue weighted by molar-refractivity contribution is 9.10. The van der Waals surface area contributed by atoms with Crippen LogP contribution in [0.4, 0.5) is 0 Å². The fourth-order valence-electron chi connectivity index (χ4n) is 1.65. The predicted octanol–water partition coefficient (Wildman–Crippen LogP) is 2.87. The molecule has 0 aliphatic heterocycles. The van der Waals surface area contributed by atoms with Crippen molar-refractivity contribution in [3.05, 3.63) is 33.5 Å². The molecule has 1 aromatic heterocycles. The Kier molecular flexibility index (Phi) is 3.81. The fourth-order valence-corrected chi connectivity index (χ4v) is 2.25. The van der Waals surface area contributed by atoms with Gasteiger partial charge in [0, 0.05) is 21.6 Å². The molecule has 2 rings (SSSR count).